The molecule has 0 saturated carbocycles. The molecule has 3 aromatic rings. The van der Waals surface area contributed by atoms with E-state index in [0.29, 0.717) is 18.7 Å². The standard InChI is InChI=1S/C18H15FN2OS/c19-16-5-3-4-15(10-16)18(22)21(11-14-7-9-23-13-14)12-17-6-1-2-8-20-17/h1-10,13H,11-12H2. The fourth-order valence-electron chi connectivity index (χ4n) is 2.29. The fraction of sp³-hybridized carbons (Fsp3) is 0.111. The predicted molar refractivity (Wildman–Crippen MR) is 88.5 cm³/mol. The smallest absolute Gasteiger partial charge is 0.254 e. The number of benzene rings is 1. The Morgan fingerprint density at radius 3 is 2.74 bits per heavy atom. The second-order valence-electron chi connectivity index (χ2n) is 5.12. The lowest BCUT2D eigenvalue weighted by atomic mass is 10.1. The minimum Gasteiger partial charge on any atom is -0.328 e. The number of aromatic nitrogens is 1. The van der Waals surface area contributed by atoms with Crippen LogP contribution in [-0.4, -0.2) is 15.8 Å². The largest absolute Gasteiger partial charge is 0.328 e. The summed E-state index contributed by atoms with van der Waals surface area (Å²) in [6.45, 7) is 0.849. The predicted octanol–water partition coefficient (Wildman–Crippen LogP) is 4.12. The number of hydrogen-bond acceptors (Lipinski definition) is 3. The van der Waals surface area contributed by atoms with E-state index in [1.165, 1.54) is 12.1 Å². The molecule has 0 fully saturated rings. The lowest BCUT2D eigenvalue weighted by Crippen LogP contribution is -2.30. The number of thiophene rings is 1. The molecule has 0 spiro atoms. The van der Waals surface area contributed by atoms with Crippen molar-refractivity contribution in [3.8, 4) is 0 Å². The van der Waals surface area contributed by atoms with E-state index in [-0.39, 0.29) is 5.91 Å². The van der Waals surface area contributed by atoms with Gasteiger partial charge in [-0.25, -0.2) is 4.39 Å². The van der Waals surface area contributed by atoms with E-state index < -0.39 is 5.82 Å². The highest BCUT2D eigenvalue weighted by molar-refractivity contribution is 7.07. The normalized spacial score (nSPS) is 10.5. The Bertz CT molecular complexity index is 775. The van der Waals surface area contributed by atoms with E-state index in [2.05, 4.69) is 4.98 Å². The highest BCUT2D eigenvalue weighted by Crippen LogP contribution is 2.16. The van der Waals surface area contributed by atoms with E-state index in [1.807, 2.05) is 35.0 Å². The van der Waals surface area contributed by atoms with Crippen LogP contribution in [0.5, 0.6) is 0 Å². The number of hydrogen-bond donors (Lipinski definition) is 0. The molecular weight excluding hydrogens is 311 g/mol. The lowest BCUT2D eigenvalue weighted by Gasteiger charge is -2.22. The number of pyridine rings is 1. The van der Waals surface area contributed by atoms with Gasteiger partial charge in [-0.2, -0.15) is 11.3 Å². The average Bonchev–Trinajstić information content (AvgIpc) is 3.08. The van der Waals surface area contributed by atoms with Gasteiger partial charge in [-0.05, 0) is 52.7 Å². The molecule has 0 unspecified atom stereocenters. The first-order valence-corrected chi connectivity index (χ1v) is 8.12. The third-order valence-electron chi connectivity index (χ3n) is 3.39. The number of rotatable bonds is 5. The van der Waals surface area contributed by atoms with Crippen molar-refractivity contribution in [3.63, 3.8) is 0 Å². The van der Waals surface area contributed by atoms with E-state index >= 15 is 0 Å². The average molecular weight is 326 g/mol. The Kier molecular flexibility index (Phi) is 4.78. The number of amides is 1. The van der Waals surface area contributed by atoms with Crippen LogP contribution in [0.1, 0.15) is 21.6 Å². The summed E-state index contributed by atoms with van der Waals surface area (Å²) in [6, 6.07) is 13.4. The molecule has 2 aromatic heterocycles. The first kappa shape index (κ1) is 15.4. The number of nitrogens with zero attached hydrogens (tertiary/aromatic N) is 2. The highest BCUT2D eigenvalue weighted by Gasteiger charge is 2.18. The van der Waals surface area contributed by atoms with E-state index in [1.54, 1.807) is 34.6 Å². The van der Waals surface area contributed by atoms with Crippen molar-refractivity contribution >= 4 is 17.2 Å². The summed E-state index contributed by atoms with van der Waals surface area (Å²) in [7, 11) is 0. The zero-order valence-corrected chi connectivity index (χ0v) is 13.2. The van der Waals surface area contributed by atoms with Gasteiger partial charge in [0.25, 0.3) is 5.91 Å². The molecule has 3 nitrogen and oxygen atoms in total. The first-order valence-electron chi connectivity index (χ1n) is 7.18. The quantitative estimate of drug-likeness (QED) is 0.706. The summed E-state index contributed by atoms with van der Waals surface area (Å²) in [6.07, 6.45) is 1.70. The van der Waals surface area contributed by atoms with Crippen LogP contribution >= 0.6 is 11.3 Å². The van der Waals surface area contributed by atoms with Crippen LogP contribution in [-0.2, 0) is 13.1 Å². The molecule has 116 valence electrons. The Morgan fingerprint density at radius 2 is 2.04 bits per heavy atom. The summed E-state index contributed by atoms with van der Waals surface area (Å²) in [5.41, 5.74) is 2.19. The minimum atomic E-state index is -0.413. The molecule has 1 amide bonds. The monoisotopic (exact) mass is 326 g/mol. The molecular formula is C18H15FN2OS. The maximum absolute atomic E-state index is 13.4. The van der Waals surface area contributed by atoms with Crippen LogP contribution in [0.15, 0.2) is 65.5 Å². The van der Waals surface area contributed by atoms with Gasteiger partial charge in [-0.3, -0.25) is 9.78 Å². The fourth-order valence-corrected chi connectivity index (χ4v) is 2.95. The summed E-state index contributed by atoms with van der Waals surface area (Å²) >= 11 is 1.58. The number of halogens is 1. The van der Waals surface area contributed by atoms with Gasteiger partial charge in [-0.15, -0.1) is 0 Å². The van der Waals surface area contributed by atoms with Gasteiger partial charge < -0.3 is 4.90 Å². The second-order valence-corrected chi connectivity index (χ2v) is 5.90. The van der Waals surface area contributed by atoms with Crippen molar-refractivity contribution in [3.05, 3.63) is 88.1 Å². The van der Waals surface area contributed by atoms with Gasteiger partial charge in [0.2, 0.25) is 0 Å². The zero-order valence-electron chi connectivity index (χ0n) is 12.4. The van der Waals surface area contributed by atoms with Crippen molar-refractivity contribution in [2.75, 3.05) is 0 Å². The van der Waals surface area contributed by atoms with Gasteiger partial charge in [0.1, 0.15) is 5.82 Å². The topological polar surface area (TPSA) is 33.2 Å². The molecule has 0 aliphatic carbocycles. The molecule has 5 heteroatoms. The van der Waals surface area contributed by atoms with Crippen molar-refractivity contribution in [1.82, 2.24) is 9.88 Å². The van der Waals surface area contributed by atoms with Crippen LogP contribution in [0.3, 0.4) is 0 Å². The SMILES string of the molecule is O=C(c1cccc(F)c1)N(Cc1ccsc1)Cc1ccccn1. The number of carbonyl (C=O) groups excluding carboxylic acids is 1. The van der Waals surface area contributed by atoms with Gasteiger partial charge in [0.05, 0.1) is 12.2 Å². The van der Waals surface area contributed by atoms with Gasteiger partial charge >= 0.3 is 0 Å². The summed E-state index contributed by atoms with van der Waals surface area (Å²) in [5.74, 6) is -0.620. The highest BCUT2D eigenvalue weighted by atomic mass is 32.1. The van der Waals surface area contributed by atoms with Crippen LogP contribution in [0.2, 0.25) is 0 Å². The molecule has 0 aliphatic heterocycles. The van der Waals surface area contributed by atoms with E-state index in [9.17, 15) is 9.18 Å². The third kappa shape index (κ3) is 4.02. The lowest BCUT2D eigenvalue weighted by molar-refractivity contribution is 0.0727. The third-order valence-corrected chi connectivity index (χ3v) is 4.12. The van der Waals surface area contributed by atoms with Gasteiger partial charge in [0.15, 0.2) is 0 Å². The Labute approximate surface area is 138 Å². The zero-order chi connectivity index (χ0) is 16.1. The first-order chi connectivity index (χ1) is 11.2. The van der Waals surface area contributed by atoms with Crippen molar-refractivity contribution in [2.24, 2.45) is 0 Å². The molecule has 0 bridgehead atoms. The summed E-state index contributed by atoms with van der Waals surface area (Å²) in [5, 5.41) is 3.98. The number of carbonyl (C=O) groups is 1. The molecule has 3 rings (SSSR count). The Morgan fingerprint density at radius 1 is 1.13 bits per heavy atom. The minimum absolute atomic E-state index is 0.207. The molecule has 0 N–H and O–H groups in total. The van der Waals surface area contributed by atoms with E-state index in [4.69, 9.17) is 0 Å². The van der Waals surface area contributed by atoms with Crippen LogP contribution in [0, 0.1) is 5.82 Å². The maximum atomic E-state index is 13.4. The van der Waals surface area contributed by atoms with Crippen LogP contribution < -0.4 is 0 Å². The summed E-state index contributed by atoms with van der Waals surface area (Å²) < 4.78 is 13.4. The maximum Gasteiger partial charge on any atom is 0.254 e. The Balaban J connectivity index is 1.86. The molecule has 2 heterocycles. The van der Waals surface area contributed by atoms with Gasteiger partial charge in [-0.1, -0.05) is 12.1 Å². The van der Waals surface area contributed by atoms with E-state index in [0.717, 1.165) is 11.3 Å². The van der Waals surface area contributed by atoms with Gasteiger partial charge in [0, 0.05) is 18.3 Å². The summed E-state index contributed by atoms with van der Waals surface area (Å²) in [4.78, 5) is 18.7. The molecule has 23 heavy (non-hydrogen) atoms. The van der Waals surface area contributed by atoms with Crippen LogP contribution in [0.25, 0.3) is 0 Å². The van der Waals surface area contributed by atoms with Crippen molar-refractivity contribution < 1.29 is 9.18 Å². The van der Waals surface area contributed by atoms with Crippen molar-refractivity contribution in [1.29, 1.82) is 0 Å². The van der Waals surface area contributed by atoms with Crippen molar-refractivity contribution in [2.45, 2.75) is 13.1 Å². The second kappa shape index (κ2) is 7.15. The molecule has 0 atom stereocenters. The molecule has 0 saturated heterocycles. The molecule has 0 radical (unpaired) electrons. The Hall–Kier alpha value is -2.53. The van der Waals surface area contributed by atoms with Crippen LogP contribution in [0.4, 0.5) is 4.39 Å². The molecule has 1 aromatic carbocycles. The molecule has 0 aliphatic rings.